The van der Waals surface area contributed by atoms with Crippen LogP contribution in [0.1, 0.15) is 22.3 Å². The predicted octanol–water partition coefficient (Wildman–Crippen LogP) is 2.34. The monoisotopic (exact) mass is 311 g/mol. The number of carbonyl (C=O) groups is 1. The van der Waals surface area contributed by atoms with Crippen molar-refractivity contribution in [2.45, 2.75) is 12.6 Å². The second-order valence-electron chi connectivity index (χ2n) is 4.05. The summed E-state index contributed by atoms with van der Waals surface area (Å²) in [6.45, 7) is 0.119. The number of nitrogens with one attached hydrogen (secondary N) is 1. The van der Waals surface area contributed by atoms with Crippen molar-refractivity contribution >= 4 is 16.7 Å². The topological polar surface area (TPSA) is 46.2 Å². The summed E-state index contributed by atoms with van der Waals surface area (Å²) in [6.07, 6.45) is -2.96. The number of hydrogen-bond acceptors (Lipinski definition) is 2. The maximum atomic E-state index is 13.6. The summed E-state index contributed by atoms with van der Waals surface area (Å²) in [5.74, 6) is -2.15. The third kappa shape index (κ3) is 4.59. The van der Waals surface area contributed by atoms with Gasteiger partial charge in [-0.25, -0.2) is 4.39 Å². The van der Waals surface area contributed by atoms with Gasteiger partial charge in [0.1, 0.15) is 5.82 Å². The Labute approximate surface area is 115 Å². The lowest BCUT2D eigenvalue weighted by Crippen LogP contribution is -2.27. The van der Waals surface area contributed by atoms with E-state index in [1.165, 1.54) is 6.26 Å². The van der Waals surface area contributed by atoms with E-state index in [0.29, 0.717) is 18.2 Å². The molecule has 0 spiro atoms. The molecule has 20 heavy (non-hydrogen) atoms. The van der Waals surface area contributed by atoms with Crippen molar-refractivity contribution in [2.24, 2.45) is 0 Å². The first-order valence-corrected chi connectivity index (χ1v) is 7.40. The van der Waals surface area contributed by atoms with Crippen molar-refractivity contribution in [2.75, 3.05) is 18.6 Å². The maximum absolute atomic E-state index is 13.6. The van der Waals surface area contributed by atoms with Crippen LogP contribution in [0.15, 0.2) is 18.2 Å². The Morgan fingerprint density at radius 3 is 2.55 bits per heavy atom. The third-order valence-electron chi connectivity index (χ3n) is 2.44. The van der Waals surface area contributed by atoms with Gasteiger partial charge in [0.2, 0.25) is 0 Å². The highest BCUT2D eigenvalue weighted by atomic mass is 32.2. The molecule has 0 bridgehead atoms. The molecule has 1 unspecified atom stereocenters. The fourth-order valence-electron chi connectivity index (χ4n) is 1.50. The fraction of sp³-hybridized carbons (Fsp3) is 0.417. The molecular formula is C12H13F4NO2S. The lowest BCUT2D eigenvalue weighted by Gasteiger charge is -2.11. The fourth-order valence-corrected chi connectivity index (χ4v) is 2.05. The van der Waals surface area contributed by atoms with Gasteiger partial charge >= 0.3 is 6.18 Å². The molecule has 0 aliphatic carbocycles. The van der Waals surface area contributed by atoms with Gasteiger partial charge in [-0.3, -0.25) is 9.00 Å². The molecule has 0 fully saturated rings. The van der Waals surface area contributed by atoms with Gasteiger partial charge in [-0.15, -0.1) is 0 Å². The number of carbonyl (C=O) groups excluding carboxylic acids is 1. The number of rotatable bonds is 5. The lowest BCUT2D eigenvalue weighted by molar-refractivity contribution is -0.140. The van der Waals surface area contributed by atoms with E-state index in [-0.39, 0.29) is 6.54 Å². The number of benzene rings is 1. The molecule has 1 amide bonds. The zero-order valence-corrected chi connectivity index (χ0v) is 11.4. The van der Waals surface area contributed by atoms with Crippen molar-refractivity contribution in [1.82, 2.24) is 5.32 Å². The number of amides is 1. The molecule has 112 valence electrons. The van der Waals surface area contributed by atoms with E-state index in [2.05, 4.69) is 5.32 Å². The van der Waals surface area contributed by atoms with E-state index in [0.717, 1.165) is 12.1 Å². The molecule has 1 aromatic rings. The van der Waals surface area contributed by atoms with Crippen LogP contribution in [0, 0.1) is 5.82 Å². The predicted molar refractivity (Wildman–Crippen MR) is 67.3 cm³/mol. The van der Waals surface area contributed by atoms with Gasteiger partial charge in [0.25, 0.3) is 5.91 Å². The van der Waals surface area contributed by atoms with Crippen LogP contribution < -0.4 is 5.32 Å². The minimum Gasteiger partial charge on any atom is -0.352 e. The molecule has 0 saturated carbocycles. The van der Waals surface area contributed by atoms with Crippen LogP contribution in [0.5, 0.6) is 0 Å². The Morgan fingerprint density at radius 1 is 1.35 bits per heavy atom. The highest BCUT2D eigenvalue weighted by molar-refractivity contribution is 7.84. The largest absolute Gasteiger partial charge is 0.419 e. The molecule has 1 rings (SSSR count). The van der Waals surface area contributed by atoms with E-state index in [9.17, 15) is 26.6 Å². The van der Waals surface area contributed by atoms with Gasteiger partial charge in [0.05, 0.1) is 11.1 Å². The summed E-state index contributed by atoms with van der Waals surface area (Å²) >= 11 is 0. The molecule has 0 saturated heterocycles. The Morgan fingerprint density at radius 2 is 2.00 bits per heavy atom. The SMILES string of the molecule is CS(=O)CCCNC(=O)c1cccc(C(F)(F)F)c1F. The van der Waals surface area contributed by atoms with Crippen molar-refractivity contribution in [3.63, 3.8) is 0 Å². The molecule has 0 aromatic heterocycles. The first kappa shape index (κ1) is 16.6. The normalized spacial score (nSPS) is 13.1. The van der Waals surface area contributed by atoms with E-state index in [1.54, 1.807) is 0 Å². The van der Waals surface area contributed by atoms with Gasteiger partial charge in [-0.1, -0.05) is 6.07 Å². The Kier molecular flexibility index (Phi) is 5.67. The third-order valence-corrected chi connectivity index (χ3v) is 3.31. The number of alkyl halides is 3. The quantitative estimate of drug-likeness (QED) is 0.670. The van der Waals surface area contributed by atoms with Crippen LogP contribution in [0.2, 0.25) is 0 Å². The average molecular weight is 311 g/mol. The van der Waals surface area contributed by atoms with Gasteiger partial charge in [-0.05, 0) is 18.6 Å². The van der Waals surface area contributed by atoms with Crippen LogP contribution >= 0.6 is 0 Å². The van der Waals surface area contributed by atoms with Crippen LogP contribution in [-0.2, 0) is 17.0 Å². The molecular weight excluding hydrogens is 298 g/mol. The molecule has 3 nitrogen and oxygen atoms in total. The van der Waals surface area contributed by atoms with Crippen LogP contribution in [0.3, 0.4) is 0 Å². The van der Waals surface area contributed by atoms with Crippen molar-refractivity contribution in [3.8, 4) is 0 Å². The van der Waals surface area contributed by atoms with Gasteiger partial charge in [0.15, 0.2) is 0 Å². The summed E-state index contributed by atoms with van der Waals surface area (Å²) in [5.41, 5.74) is -2.13. The Balaban J connectivity index is 2.76. The Hall–Kier alpha value is -1.44. The first-order chi connectivity index (χ1) is 9.23. The highest BCUT2D eigenvalue weighted by Gasteiger charge is 2.35. The van der Waals surface area contributed by atoms with Crippen molar-refractivity contribution in [1.29, 1.82) is 0 Å². The summed E-state index contributed by atoms with van der Waals surface area (Å²) in [4.78, 5) is 11.6. The molecule has 0 radical (unpaired) electrons. The van der Waals surface area contributed by atoms with Crippen LogP contribution in [0.25, 0.3) is 0 Å². The molecule has 8 heteroatoms. The van der Waals surface area contributed by atoms with Gasteiger partial charge in [0, 0.05) is 29.4 Å². The Bertz CT molecular complexity index is 517. The molecule has 0 heterocycles. The van der Waals surface area contributed by atoms with Crippen molar-refractivity contribution in [3.05, 3.63) is 35.1 Å². The summed E-state index contributed by atoms with van der Waals surface area (Å²) in [7, 11) is -1.02. The maximum Gasteiger partial charge on any atom is 0.419 e. The minimum absolute atomic E-state index is 0.119. The van der Waals surface area contributed by atoms with E-state index in [4.69, 9.17) is 0 Å². The smallest absolute Gasteiger partial charge is 0.352 e. The number of hydrogen-bond donors (Lipinski definition) is 1. The molecule has 1 N–H and O–H groups in total. The average Bonchev–Trinajstić information content (AvgIpc) is 2.33. The van der Waals surface area contributed by atoms with Crippen LogP contribution in [-0.4, -0.2) is 28.7 Å². The minimum atomic E-state index is -4.85. The van der Waals surface area contributed by atoms with Crippen molar-refractivity contribution < 1.29 is 26.6 Å². The van der Waals surface area contributed by atoms with E-state index >= 15 is 0 Å². The van der Waals surface area contributed by atoms with E-state index in [1.807, 2.05) is 0 Å². The standard InChI is InChI=1S/C12H13F4NO2S/c1-20(19)7-3-6-17-11(18)8-4-2-5-9(10(8)13)12(14,15)16/h2,4-5H,3,6-7H2,1H3,(H,17,18). The van der Waals surface area contributed by atoms with Gasteiger partial charge < -0.3 is 5.32 Å². The molecule has 1 aromatic carbocycles. The number of halogens is 4. The zero-order chi connectivity index (χ0) is 15.3. The van der Waals surface area contributed by atoms with Crippen LogP contribution in [0.4, 0.5) is 17.6 Å². The lowest BCUT2D eigenvalue weighted by atomic mass is 10.1. The van der Waals surface area contributed by atoms with E-state index < -0.39 is 39.8 Å². The summed E-state index contributed by atoms with van der Waals surface area (Å²) < 4.78 is 61.9. The highest BCUT2D eigenvalue weighted by Crippen LogP contribution is 2.32. The zero-order valence-electron chi connectivity index (χ0n) is 10.6. The first-order valence-electron chi connectivity index (χ1n) is 5.67. The summed E-state index contributed by atoms with van der Waals surface area (Å²) in [6, 6.07) is 2.53. The second kappa shape index (κ2) is 6.83. The second-order valence-corrected chi connectivity index (χ2v) is 5.61. The molecule has 1 atom stereocenters. The molecule has 0 aliphatic heterocycles. The van der Waals surface area contributed by atoms with Gasteiger partial charge in [-0.2, -0.15) is 13.2 Å². The molecule has 0 aliphatic rings. The summed E-state index contributed by atoms with van der Waals surface area (Å²) in [5, 5.41) is 2.29.